The highest BCUT2D eigenvalue weighted by molar-refractivity contribution is 5.93. The molecule has 1 saturated heterocycles. The third kappa shape index (κ3) is 3.67. The van der Waals surface area contributed by atoms with E-state index in [1.165, 1.54) is 12.8 Å². The molecule has 23 heavy (non-hydrogen) atoms. The van der Waals surface area contributed by atoms with E-state index in [9.17, 15) is 9.59 Å². The van der Waals surface area contributed by atoms with E-state index in [1.807, 2.05) is 0 Å². The smallest absolute Gasteiger partial charge is 0.337 e. The molecule has 1 saturated carbocycles. The van der Waals surface area contributed by atoms with Crippen molar-refractivity contribution >= 4 is 12.0 Å². The molecule has 7 heteroatoms. The summed E-state index contributed by atoms with van der Waals surface area (Å²) in [6.07, 6.45) is 4.91. The summed E-state index contributed by atoms with van der Waals surface area (Å²) in [6, 6.07) is 0.113. The van der Waals surface area contributed by atoms with Crippen LogP contribution in [0.25, 0.3) is 0 Å². The van der Waals surface area contributed by atoms with E-state index in [4.69, 9.17) is 9.47 Å². The number of hydrogen-bond acceptors (Lipinski definition) is 5. The number of nitrogens with zero attached hydrogens (tertiary/aromatic N) is 1. The normalized spacial score (nSPS) is 28.7. The van der Waals surface area contributed by atoms with Gasteiger partial charge in [-0.15, -0.1) is 0 Å². The van der Waals surface area contributed by atoms with Crippen LogP contribution in [0, 0.1) is 0 Å². The largest absolute Gasteiger partial charge is 0.463 e. The fourth-order valence-electron chi connectivity index (χ4n) is 3.66. The number of carbonyl (C=O) groups excluding carboxylic acids is 2. The molecule has 0 radical (unpaired) electrons. The third-order valence-electron chi connectivity index (χ3n) is 4.78. The third-order valence-corrected chi connectivity index (χ3v) is 4.78. The van der Waals surface area contributed by atoms with Gasteiger partial charge in [0, 0.05) is 24.8 Å². The molecule has 2 atom stereocenters. The fourth-order valence-corrected chi connectivity index (χ4v) is 3.66. The Morgan fingerprint density at radius 3 is 3.04 bits per heavy atom. The number of esters is 1. The number of rotatable bonds is 4. The highest BCUT2D eigenvalue weighted by Crippen LogP contribution is 2.29. The van der Waals surface area contributed by atoms with Crippen LogP contribution >= 0.6 is 0 Å². The Labute approximate surface area is 136 Å². The van der Waals surface area contributed by atoms with Crippen LogP contribution < -0.4 is 10.6 Å². The van der Waals surface area contributed by atoms with Crippen molar-refractivity contribution < 1.29 is 19.1 Å². The Morgan fingerprint density at radius 2 is 2.22 bits per heavy atom. The number of amides is 2. The van der Waals surface area contributed by atoms with Gasteiger partial charge in [0.15, 0.2) is 0 Å². The molecule has 0 aromatic carbocycles. The fraction of sp³-hybridized carbons (Fsp3) is 0.750. The lowest BCUT2D eigenvalue weighted by Gasteiger charge is -2.44. The zero-order chi connectivity index (χ0) is 16.2. The van der Waals surface area contributed by atoms with Crippen LogP contribution in [0.15, 0.2) is 11.3 Å². The van der Waals surface area contributed by atoms with Crippen LogP contribution in [0.2, 0.25) is 0 Å². The molecular formula is C16H25N3O4. The van der Waals surface area contributed by atoms with Crippen LogP contribution in [0.4, 0.5) is 4.79 Å². The number of carbonyl (C=O) groups is 2. The van der Waals surface area contributed by atoms with Gasteiger partial charge in [0.1, 0.15) is 0 Å². The first-order valence-corrected chi connectivity index (χ1v) is 8.48. The summed E-state index contributed by atoms with van der Waals surface area (Å²) in [6.45, 7) is 4.41. The minimum absolute atomic E-state index is 0.221. The summed E-state index contributed by atoms with van der Waals surface area (Å²) in [4.78, 5) is 26.1. The van der Waals surface area contributed by atoms with Crippen molar-refractivity contribution in [2.45, 2.75) is 44.8 Å². The van der Waals surface area contributed by atoms with Crippen molar-refractivity contribution in [3.8, 4) is 0 Å². The van der Waals surface area contributed by atoms with Crippen molar-refractivity contribution in [1.29, 1.82) is 0 Å². The van der Waals surface area contributed by atoms with Gasteiger partial charge in [0.2, 0.25) is 0 Å². The molecule has 2 heterocycles. The van der Waals surface area contributed by atoms with Gasteiger partial charge in [-0.05, 0) is 19.8 Å². The van der Waals surface area contributed by atoms with Gasteiger partial charge in [-0.2, -0.15) is 0 Å². The number of hydrogen-bond donors (Lipinski definition) is 2. The second-order valence-electron chi connectivity index (χ2n) is 6.22. The Balaban J connectivity index is 1.76. The van der Waals surface area contributed by atoms with E-state index in [2.05, 4.69) is 15.5 Å². The molecule has 2 amide bonds. The van der Waals surface area contributed by atoms with Gasteiger partial charge >= 0.3 is 12.0 Å². The first kappa shape index (κ1) is 16.3. The second-order valence-corrected chi connectivity index (χ2v) is 6.22. The van der Waals surface area contributed by atoms with Crippen molar-refractivity contribution in [1.82, 2.24) is 15.5 Å². The molecule has 0 spiro atoms. The number of fused-ring (bicyclic) bond motifs is 1. The van der Waals surface area contributed by atoms with Crippen LogP contribution in [0.3, 0.4) is 0 Å². The predicted molar refractivity (Wildman–Crippen MR) is 83.8 cm³/mol. The van der Waals surface area contributed by atoms with Crippen molar-refractivity contribution in [3.63, 3.8) is 0 Å². The molecule has 2 fully saturated rings. The van der Waals surface area contributed by atoms with Crippen molar-refractivity contribution in [3.05, 3.63) is 11.3 Å². The Bertz CT molecular complexity index is 504. The van der Waals surface area contributed by atoms with Gasteiger partial charge in [-0.1, -0.05) is 12.8 Å². The standard InChI is InChI=1S/C16H25N3O4/c1-2-22-15(20)11-9-17-16(21)18-12(11)10-19-7-8-23-14-6-4-3-5-13(14)19/h13-14H,2-10H2,1H3,(H2,17,18,21). The average Bonchev–Trinajstić information content (AvgIpc) is 2.55. The molecule has 1 aliphatic carbocycles. The maximum absolute atomic E-state index is 12.1. The van der Waals surface area contributed by atoms with E-state index in [0.717, 1.165) is 19.4 Å². The lowest BCUT2D eigenvalue weighted by Crippen LogP contribution is -2.55. The maximum atomic E-state index is 12.1. The zero-order valence-corrected chi connectivity index (χ0v) is 13.6. The van der Waals surface area contributed by atoms with E-state index in [0.29, 0.717) is 37.1 Å². The topological polar surface area (TPSA) is 79.9 Å². The second kappa shape index (κ2) is 7.31. The number of ether oxygens (including phenoxy) is 2. The van der Waals surface area contributed by atoms with Crippen LogP contribution in [-0.4, -0.2) is 61.9 Å². The summed E-state index contributed by atoms with van der Waals surface area (Å²) < 4.78 is 11.0. The monoisotopic (exact) mass is 323 g/mol. The lowest BCUT2D eigenvalue weighted by molar-refractivity contribution is -0.138. The first-order valence-electron chi connectivity index (χ1n) is 8.48. The predicted octanol–water partition coefficient (Wildman–Crippen LogP) is 0.760. The molecule has 128 valence electrons. The average molecular weight is 323 g/mol. The molecule has 0 aromatic rings. The molecule has 3 rings (SSSR count). The quantitative estimate of drug-likeness (QED) is 0.747. The highest BCUT2D eigenvalue weighted by Gasteiger charge is 2.35. The van der Waals surface area contributed by atoms with Crippen molar-refractivity contribution in [2.75, 3.05) is 32.8 Å². The molecule has 2 aliphatic heterocycles. The van der Waals surface area contributed by atoms with Crippen molar-refractivity contribution in [2.24, 2.45) is 0 Å². The highest BCUT2D eigenvalue weighted by atomic mass is 16.5. The van der Waals surface area contributed by atoms with Crippen LogP contribution in [0.1, 0.15) is 32.6 Å². The van der Waals surface area contributed by atoms with Gasteiger partial charge < -0.3 is 20.1 Å². The summed E-state index contributed by atoms with van der Waals surface area (Å²) in [5.74, 6) is -0.358. The van der Waals surface area contributed by atoms with E-state index in [-0.39, 0.29) is 24.6 Å². The molecule has 2 unspecified atom stereocenters. The molecule has 0 aromatic heterocycles. The van der Waals surface area contributed by atoms with Crippen LogP contribution in [-0.2, 0) is 14.3 Å². The van der Waals surface area contributed by atoms with Gasteiger partial charge in [0.25, 0.3) is 0 Å². The number of nitrogens with one attached hydrogen (secondary N) is 2. The van der Waals surface area contributed by atoms with Gasteiger partial charge in [0.05, 0.1) is 31.4 Å². The molecule has 2 N–H and O–H groups in total. The minimum atomic E-state index is -0.358. The minimum Gasteiger partial charge on any atom is -0.463 e. The Morgan fingerprint density at radius 1 is 1.39 bits per heavy atom. The van der Waals surface area contributed by atoms with E-state index < -0.39 is 0 Å². The van der Waals surface area contributed by atoms with E-state index >= 15 is 0 Å². The summed E-state index contributed by atoms with van der Waals surface area (Å²) in [5.41, 5.74) is 1.18. The maximum Gasteiger partial charge on any atom is 0.337 e. The van der Waals surface area contributed by atoms with Gasteiger partial charge in [-0.25, -0.2) is 9.59 Å². The molecule has 0 bridgehead atoms. The molecular weight excluding hydrogens is 298 g/mol. The summed E-state index contributed by atoms with van der Waals surface area (Å²) in [7, 11) is 0. The van der Waals surface area contributed by atoms with Crippen LogP contribution in [0.5, 0.6) is 0 Å². The lowest BCUT2D eigenvalue weighted by atomic mass is 9.90. The number of morpholine rings is 1. The molecule has 3 aliphatic rings. The Kier molecular flexibility index (Phi) is 5.17. The Hall–Kier alpha value is -1.60. The number of urea groups is 1. The zero-order valence-electron chi connectivity index (χ0n) is 13.6. The summed E-state index contributed by atoms with van der Waals surface area (Å²) in [5, 5.41) is 5.44. The first-order chi connectivity index (χ1) is 11.2. The molecule has 7 nitrogen and oxygen atoms in total. The SMILES string of the molecule is CCOC(=O)C1=C(CN2CCOC3CCCCC32)NC(=O)NC1. The summed E-state index contributed by atoms with van der Waals surface area (Å²) >= 11 is 0. The van der Waals surface area contributed by atoms with Gasteiger partial charge in [-0.3, -0.25) is 4.90 Å². The van der Waals surface area contributed by atoms with E-state index in [1.54, 1.807) is 6.92 Å².